The van der Waals surface area contributed by atoms with Crippen LogP contribution in [0.15, 0.2) is 42.6 Å². The number of amides is 1. The Morgan fingerprint density at radius 1 is 1.29 bits per heavy atom. The molecule has 0 fully saturated rings. The van der Waals surface area contributed by atoms with Crippen molar-refractivity contribution in [3.63, 3.8) is 0 Å². The highest BCUT2D eigenvalue weighted by Gasteiger charge is 2.11. The van der Waals surface area contributed by atoms with Gasteiger partial charge >= 0.3 is 0 Å². The Morgan fingerprint density at radius 2 is 2.10 bits per heavy atom. The number of pyridine rings is 1. The predicted octanol–water partition coefficient (Wildman–Crippen LogP) is 1.46. The lowest BCUT2D eigenvalue weighted by molar-refractivity contribution is 0.0945. The Balaban J connectivity index is 2.12. The van der Waals surface area contributed by atoms with Gasteiger partial charge in [-0.3, -0.25) is 4.79 Å². The maximum Gasteiger partial charge on any atom is 0.271 e. The molecule has 4 nitrogen and oxygen atoms in total. The normalized spacial score (nSPS) is 9.62. The van der Waals surface area contributed by atoms with Crippen LogP contribution in [0.25, 0.3) is 0 Å². The zero-order valence-corrected chi connectivity index (χ0v) is 11.3. The Morgan fingerprint density at radius 3 is 2.86 bits per heavy atom. The number of halogens is 1. The van der Waals surface area contributed by atoms with Crippen molar-refractivity contribution in [3.05, 3.63) is 65.2 Å². The van der Waals surface area contributed by atoms with Gasteiger partial charge in [0, 0.05) is 18.3 Å². The maximum absolute atomic E-state index is 13.5. The molecular weight excluding hydrogens is 269 g/mol. The van der Waals surface area contributed by atoms with Crippen LogP contribution in [0.2, 0.25) is 0 Å². The molecule has 0 aliphatic heterocycles. The Kier molecular flexibility index (Phi) is 5.02. The Labute approximate surface area is 122 Å². The van der Waals surface area contributed by atoms with Gasteiger partial charge in [-0.05, 0) is 18.2 Å². The van der Waals surface area contributed by atoms with E-state index in [0.29, 0.717) is 11.1 Å². The largest absolute Gasteiger partial charge is 0.346 e. The lowest BCUT2D eigenvalue weighted by atomic mass is 10.1. The second-order valence-corrected chi connectivity index (χ2v) is 4.18. The zero-order valence-electron chi connectivity index (χ0n) is 11.3. The van der Waals surface area contributed by atoms with Crippen LogP contribution < -0.4 is 11.1 Å². The van der Waals surface area contributed by atoms with Gasteiger partial charge in [0.25, 0.3) is 5.91 Å². The number of nitrogens with zero attached hydrogens (tertiary/aromatic N) is 1. The molecule has 0 saturated heterocycles. The first-order valence-corrected chi connectivity index (χ1v) is 6.38. The number of carbonyl (C=O) groups is 1. The number of nitrogens with two attached hydrogens (primary N) is 1. The molecule has 2 rings (SSSR count). The molecule has 3 N–H and O–H groups in total. The van der Waals surface area contributed by atoms with Crippen molar-refractivity contribution in [2.75, 3.05) is 6.54 Å². The van der Waals surface area contributed by atoms with Gasteiger partial charge in [-0.15, -0.1) is 0 Å². The van der Waals surface area contributed by atoms with Gasteiger partial charge < -0.3 is 11.1 Å². The third kappa shape index (κ3) is 3.88. The molecule has 1 amide bonds. The summed E-state index contributed by atoms with van der Waals surface area (Å²) in [5.41, 5.74) is 6.43. The number of nitrogens with one attached hydrogen (secondary N) is 1. The summed E-state index contributed by atoms with van der Waals surface area (Å²) >= 11 is 0. The Hall–Kier alpha value is -2.71. The molecule has 0 saturated carbocycles. The molecule has 0 atom stereocenters. The zero-order chi connectivity index (χ0) is 15.1. The summed E-state index contributed by atoms with van der Waals surface area (Å²) in [7, 11) is 0. The van der Waals surface area contributed by atoms with Gasteiger partial charge in [-0.1, -0.05) is 30.0 Å². The smallest absolute Gasteiger partial charge is 0.271 e. The molecule has 0 spiro atoms. The Bertz CT molecular complexity index is 704. The molecule has 5 heteroatoms. The molecule has 21 heavy (non-hydrogen) atoms. The van der Waals surface area contributed by atoms with Gasteiger partial charge in [0.2, 0.25) is 0 Å². The van der Waals surface area contributed by atoms with Crippen LogP contribution in [0.4, 0.5) is 4.39 Å². The summed E-state index contributed by atoms with van der Waals surface area (Å²) in [6.45, 7) is 0.289. The molecule has 0 radical (unpaired) electrons. The number of hydrogen-bond acceptors (Lipinski definition) is 3. The van der Waals surface area contributed by atoms with Crippen LogP contribution in [0.1, 0.15) is 21.6 Å². The first-order chi connectivity index (χ1) is 10.2. The van der Waals surface area contributed by atoms with Gasteiger partial charge in [0.1, 0.15) is 11.5 Å². The number of rotatable bonds is 3. The van der Waals surface area contributed by atoms with Crippen molar-refractivity contribution < 1.29 is 9.18 Å². The van der Waals surface area contributed by atoms with Crippen molar-refractivity contribution in [1.82, 2.24) is 10.3 Å². The lowest BCUT2D eigenvalue weighted by Crippen LogP contribution is -2.25. The summed E-state index contributed by atoms with van der Waals surface area (Å²) in [6, 6.07) is 9.65. The molecule has 1 aromatic heterocycles. The number of benzene rings is 1. The monoisotopic (exact) mass is 283 g/mol. The quantitative estimate of drug-likeness (QED) is 0.838. The summed E-state index contributed by atoms with van der Waals surface area (Å²) < 4.78 is 13.5. The van der Waals surface area contributed by atoms with E-state index in [2.05, 4.69) is 22.1 Å². The minimum atomic E-state index is -0.403. The molecule has 1 aromatic carbocycles. The van der Waals surface area contributed by atoms with Gasteiger partial charge in [-0.25, -0.2) is 9.37 Å². The molecule has 0 aliphatic rings. The fraction of sp³-hybridized carbons (Fsp3) is 0.125. The van der Waals surface area contributed by atoms with E-state index >= 15 is 0 Å². The minimum absolute atomic E-state index is 0.0891. The topological polar surface area (TPSA) is 68.0 Å². The van der Waals surface area contributed by atoms with Crippen LogP contribution in [-0.4, -0.2) is 17.4 Å². The van der Waals surface area contributed by atoms with Crippen LogP contribution in [0.5, 0.6) is 0 Å². The highest BCUT2D eigenvalue weighted by Crippen LogP contribution is 2.07. The highest BCUT2D eigenvalue weighted by atomic mass is 19.1. The molecule has 0 unspecified atom stereocenters. The maximum atomic E-state index is 13.5. The van der Waals surface area contributed by atoms with E-state index in [4.69, 9.17) is 5.73 Å². The van der Waals surface area contributed by atoms with Crippen LogP contribution in [-0.2, 0) is 6.54 Å². The summed E-state index contributed by atoms with van der Waals surface area (Å²) in [5, 5.41) is 2.63. The van der Waals surface area contributed by atoms with Crippen molar-refractivity contribution in [2.45, 2.75) is 6.54 Å². The number of aromatic nitrogens is 1. The summed E-state index contributed by atoms with van der Waals surface area (Å²) in [4.78, 5) is 16.1. The van der Waals surface area contributed by atoms with Crippen molar-refractivity contribution in [3.8, 4) is 11.8 Å². The highest BCUT2D eigenvalue weighted by molar-refractivity contribution is 5.94. The molecule has 1 heterocycles. The molecule has 0 aliphatic carbocycles. The SMILES string of the molecule is NCC#Cc1cccnc1C(=O)NCc1ccccc1F. The fourth-order valence-electron chi connectivity index (χ4n) is 1.73. The number of carbonyl (C=O) groups excluding carboxylic acids is 1. The molecule has 0 bridgehead atoms. The average molecular weight is 283 g/mol. The predicted molar refractivity (Wildman–Crippen MR) is 77.7 cm³/mol. The molecule has 106 valence electrons. The second-order valence-electron chi connectivity index (χ2n) is 4.18. The average Bonchev–Trinajstić information content (AvgIpc) is 2.52. The van der Waals surface area contributed by atoms with Gasteiger partial charge in [-0.2, -0.15) is 0 Å². The third-order valence-electron chi connectivity index (χ3n) is 2.75. The van der Waals surface area contributed by atoms with Gasteiger partial charge in [0.15, 0.2) is 0 Å². The van der Waals surface area contributed by atoms with E-state index in [9.17, 15) is 9.18 Å². The van der Waals surface area contributed by atoms with Crippen molar-refractivity contribution in [1.29, 1.82) is 0 Å². The van der Waals surface area contributed by atoms with E-state index in [1.165, 1.54) is 12.3 Å². The van der Waals surface area contributed by atoms with Crippen LogP contribution >= 0.6 is 0 Å². The van der Waals surface area contributed by atoms with E-state index in [1.54, 1.807) is 30.3 Å². The van der Waals surface area contributed by atoms with Crippen LogP contribution in [0.3, 0.4) is 0 Å². The molecular formula is C16H14FN3O. The van der Waals surface area contributed by atoms with E-state index < -0.39 is 5.91 Å². The summed E-state index contributed by atoms with van der Waals surface area (Å²) in [5.74, 6) is 4.71. The first kappa shape index (κ1) is 14.7. The first-order valence-electron chi connectivity index (χ1n) is 6.38. The lowest BCUT2D eigenvalue weighted by Gasteiger charge is -2.07. The third-order valence-corrected chi connectivity index (χ3v) is 2.75. The van der Waals surface area contributed by atoms with Crippen molar-refractivity contribution >= 4 is 5.91 Å². The van der Waals surface area contributed by atoms with Gasteiger partial charge in [0.05, 0.1) is 12.1 Å². The van der Waals surface area contributed by atoms with Crippen LogP contribution in [0, 0.1) is 17.7 Å². The summed E-state index contributed by atoms with van der Waals surface area (Å²) in [6.07, 6.45) is 1.51. The molecule has 2 aromatic rings. The van der Waals surface area contributed by atoms with E-state index in [-0.39, 0.29) is 24.6 Å². The standard InChI is InChI=1S/C16H14FN3O/c17-14-8-2-1-5-13(14)11-20-16(21)15-12(6-3-9-18)7-4-10-19-15/h1-2,4-5,7-8,10H,9,11,18H2,(H,20,21). The van der Waals surface area contributed by atoms with E-state index in [0.717, 1.165) is 0 Å². The number of hydrogen-bond donors (Lipinski definition) is 2. The second kappa shape index (κ2) is 7.17. The minimum Gasteiger partial charge on any atom is -0.346 e. The fourth-order valence-corrected chi connectivity index (χ4v) is 1.73. The van der Waals surface area contributed by atoms with Crippen molar-refractivity contribution in [2.24, 2.45) is 5.73 Å². The van der Waals surface area contributed by atoms with E-state index in [1.807, 2.05) is 0 Å².